The van der Waals surface area contributed by atoms with Gasteiger partial charge in [-0.2, -0.15) is 0 Å². The number of aromatic amines is 1. The molecule has 80 valence electrons. The second-order valence-corrected chi connectivity index (χ2v) is 3.49. The Hall–Kier alpha value is -2.30. The average molecular weight is 214 g/mol. The summed E-state index contributed by atoms with van der Waals surface area (Å²) < 4.78 is 5.28. The van der Waals surface area contributed by atoms with E-state index < -0.39 is 0 Å². The van der Waals surface area contributed by atoms with E-state index in [1.165, 1.54) is 6.33 Å². The van der Waals surface area contributed by atoms with Gasteiger partial charge in [-0.1, -0.05) is 12.1 Å². The van der Waals surface area contributed by atoms with Gasteiger partial charge < -0.3 is 15.5 Å². The number of fused-ring (bicyclic) bond motifs is 3. The Bertz CT molecular complexity index is 674. The van der Waals surface area contributed by atoms with Crippen LogP contribution >= 0.6 is 0 Å². The molecule has 0 radical (unpaired) electrons. The van der Waals surface area contributed by atoms with Crippen LogP contribution in [0.5, 0.6) is 5.75 Å². The Kier molecular flexibility index (Phi) is 1.73. The Labute approximate surface area is 91.3 Å². The molecule has 0 atom stereocenters. The first kappa shape index (κ1) is 8.96. The number of H-pyrrole nitrogens is 1. The van der Waals surface area contributed by atoms with Crippen LogP contribution in [0.25, 0.3) is 21.9 Å². The molecule has 2 aromatic heterocycles. The van der Waals surface area contributed by atoms with Crippen LogP contribution in [0.3, 0.4) is 0 Å². The van der Waals surface area contributed by atoms with Crippen molar-refractivity contribution in [3.05, 3.63) is 24.5 Å². The first-order chi connectivity index (χ1) is 7.81. The second kappa shape index (κ2) is 3.10. The van der Waals surface area contributed by atoms with Crippen LogP contribution in [0.2, 0.25) is 0 Å². The molecule has 0 saturated heterocycles. The monoisotopic (exact) mass is 214 g/mol. The zero-order valence-corrected chi connectivity index (χ0v) is 8.69. The summed E-state index contributed by atoms with van der Waals surface area (Å²) in [4.78, 5) is 11.3. The van der Waals surface area contributed by atoms with Crippen LogP contribution in [-0.2, 0) is 0 Å². The highest BCUT2D eigenvalue weighted by molar-refractivity contribution is 6.12. The first-order valence-corrected chi connectivity index (χ1v) is 4.86. The molecule has 0 spiro atoms. The van der Waals surface area contributed by atoms with E-state index in [1.807, 2.05) is 18.2 Å². The van der Waals surface area contributed by atoms with Crippen molar-refractivity contribution in [3.8, 4) is 5.75 Å². The predicted octanol–water partition coefficient (Wildman–Crippen LogP) is 1.70. The van der Waals surface area contributed by atoms with Gasteiger partial charge in [-0.15, -0.1) is 0 Å². The van der Waals surface area contributed by atoms with E-state index in [1.54, 1.807) is 7.11 Å². The highest BCUT2D eigenvalue weighted by Gasteiger charge is 2.11. The van der Waals surface area contributed by atoms with Gasteiger partial charge in [0, 0.05) is 5.39 Å². The first-order valence-electron chi connectivity index (χ1n) is 4.86. The molecule has 0 aliphatic heterocycles. The lowest BCUT2D eigenvalue weighted by Gasteiger charge is -2.00. The van der Waals surface area contributed by atoms with Crippen molar-refractivity contribution in [2.24, 2.45) is 0 Å². The molecule has 3 rings (SSSR count). The lowest BCUT2D eigenvalue weighted by atomic mass is 10.2. The van der Waals surface area contributed by atoms with E-state index in [0.29, 0.717) is 5.82 Å². The van der Waals surface area contributed by atoms with Gasteiger partial charge in [-0.25, -0.2) is 9.97 Å². The quantitative estimate of drug-likeness (QED) is 0.646. The topological polar surface area (TPSA) is 76.8 Å². The van der Waals surface area contributed by atoms with Crippen molar-refractivity contribution in [2.75, 3.05) is 12.8 Å². The zero-order chi connectivity index (χ0) is 11.1. The standard InChI is InChI=1S/C11H10N4O/c1-16-7-4-2-3-6-8-10(12)13-5-14-11(8)15-9(6)7/h2-5H,1H3,(H3,12,13,14,15). The number of ether oxygens (including phenoxy) is 1. The predicted molar refractivity (Wildman–Crippen MR) is 62.4 cm³/mol. The van der Waals surface area contributed by atoms with Crippen molar-refractivity contribution >= 4 is 27.8 Å². The molecule has 16 heavy (non-hydrogen) atoms. The summed E-state index contributed by atoms with van der Waals surface area (Å²) in [7, 11) is 1.63. The number of rotatable bonds is 1. The maximum absolute atomic E-state index is 5.85. The molecule has 0 bridgehead atoms. The molecule has 0 aliphatic carbocycles. The summed E-state index contributed by atoms with van der Waals surface area (Å²) in [5, 5.41) is 1.82. The number of para-hydroxylation sites is 1. The summed E-state index contributed by atoms with van der Waals surface area (Å²) >= 11 is 0. The molecule has 0 amide bonds. The van der Waals surface area contributed by atoms with Crippen LogP contribution in [0.1, 0.15) is 0 Å². The normalized spacial score (nSPS) is 11.1. The number of benzene rings is 1. The highest BCUT2D eigenvalue weighted by atomic mass is 16.5. The van der Waals surface area contributed by atoms with Gasteiger partial charge in [-0.05, 0) is 6.07 Å². The number of nitrogens with two attached hydrogens (primary N) is 1. The fourth-order valence-electron chi connectivity index (χ4n) is 1.92. The molecule has 3 N–H and O–H groups in total. The number of hydrogen-bond acceptors (Lipinski definition) is 4. The summed E-state index contributed by atoms with van der Waals surface area (Å²) in [6.45, 7) is 0. The summed E-state index contributed by atoms with van der Waals surface area (Å²) in [5.74, 6) is 1.25. The highest BCUT2D eigenvalue weighted by Crippen LogP contribution is 2.32. The molecule has 5 heteroatoms. The average Bonchev–Trinajstić information content (AvgIpc) is 2.68. The van der Waals surface area contributed by atoms with Crippen LogP contribution < -0.4 is 10.5 Å². The van der Waals surface area contributed by atoms with E-state index in [-0.39, 0.29) is 0 Å². The minimum atomic E-state index is 0.476. The SMILES string of the molecule is COc1cccc2c1[nH]c1ncnc(N)c12. The molecular weight excluding hydrogens is 204 g/mol. The van der Waals surface area contributed by atoms with Gasteiger partial charge in [0.05, 0.1) is 18.0 Å². The largest absolute Gasteiger partial charge is 0.495 e. The minimum absolute atomic E-state index is 0.476. The number of hydrogen-bond donors (Lipinski definition) is 2. The van der Waals surface area contributed by atoms with Crippen molar-refractivity contribution in [1.29, 1.82) is 0 Å². The number of nitrogens with one attached hydrogen (secondary N) is 1. The Morgan fingerprint density at radius 2 is 2.19 bits per heavy atom. The second-order valence-electron chi connectivity index (χ2n) is 3.49. The minimum Gasteiger partial charge on any atom is -0.495 e. The third-order valence-electron chi connectivity index (χ3n) is 2.64. The third kappa shape index (κ3) is 1.05. The van der Waals surface area contributed by atoms with Gasteiger partial charge in [0.1, 0.15) is 23.5 Å². The van der Waals surface area contributed by atoms with Crippen molar-refractivity contribution in [2.45, 2.75) is 0 Å². The van der Waals surface area contributed by atoms with Gasteiger partial charge >= 0.3 is 0 Å². The van der Waals surface area contributed by atoms with Gasteiger partial charge in [0.2, 0.25) is 0 Å². The maximum Gasteiger partial charge on any atom is 0.144 e. The lowest BCUT2D eigenvalue weighted by Crippen LogP contribution is -1.91. The van der Waals surface area contributed by atoms with E-state index >= 15 is 0 Å². The van der Waals surface area contributed by atoms with E-state index in [2.05, 4.69) is 15.0 Å². The van der Waals surface area contributed by atoms with E-state index in [0.717, 1.165) is 27.7 Å². The number of anilines is 1. The molecule has 0 saturated carbocycles. The van der Waals surface area contributed by atoms with Gasteiger partial charge in [0.15, 0.2) is 0 Å². The van der Waals surface area contributed by atoms with Crippen LogP contribution in [-0.4, -0.2) is 22.1 Å². The van der Waals surface area contributed by atoms with Crippen LogP contribution in [0.4, 0.5) is 5.82 Å². The maximum atomic E-state index is 5.85. The summed E-state index contributed by atoms with van der Waals surface area (Å²) in [6, 6.07) is 5.78. The third-order valence-corrected chi connectivity index (χ3v) is 2.64. The van der Waals surface area contributed by atoms with Crippen molar-refractivity contribution < 1.29 is 4.74 Å². The number of aromatic nitrogens is 3. The Morgan fingerprint density at radius 1 is 1.31 bits per heavy atom. The molecule has 3 aromatic rings. The van der Waals surface area contributed by atoms with Crippen LogP contribution in [0.15, 0.2) is 24.5 Å². The fraction of sp³-hybridized carbons (Fsp3) is 0.0909. The molecule has 5 nitrogen and oxygen atoms in total. The Morgan fingerprint density at radius 3 is 3.00 bits per heavy atom. The van der Waals surface area contributed by atoms with Gasteiger partial charge in [-0.3, -0.25) is 0 Å². The molecule has 0 aliphatic rings. The molecule has 1 aromatic carbocycles. The lowest BCUT2D eigenvalue weighted by molar-refractivity contribution is 0.419. The molecule has 2 heterocycles. The smallest absolute Gasteiger partial charge is 0.144 e. The number of nitrogen functional groups attached to an aromatic ring is 1. The van der Waals surface area contributed by atoms with Crippen molar-refractivity contribution in [1.82, 2.24) is 15.0 Å². The van der Waals surface area contributed by atoms with Crippen LogP contribution in [0, 0.1) is 0 Å². The number of methoxy groups -OCH3 is 1. The van der Waals surface area contributed by atoms with Crippen molar-refractivity contribution in [3.63, 3.8) is 0 Å². The van der Waals surface area contributed by atoms with E-state index in [4.69, 9.17) is 10.5 Å². The Balaban J connectivity index is 2.56. The van der Waals surface area contributed by atoms with Gasteiger partial charge in [0.25, 0.3) is 0 Å². The summed E-state index contributed by atoms with van der Waals surface area (Å²) in [6.07, 6.45) is 1.44. The summed E-state index contributed by atoms with van der Waals surface area (Å²) in [5.41, 5.74) is 7.47. The van der Waals surface area contributed by atoms with E-state index in [9.17, 15) is 0 Å². The fourth-order valence-corrected chi connectivity index (χ4v) is 1.92. The molecular formula is C11H10N4O. The zero-order valence-electron chi connectivity index (χ0n) is 8.69. The molecule has 0 unspecified atom stereocenters. The molecule has 0 fully saturated rings. The number of nitrogens with zero attached hydrogens (tertiary/aromatic N) is 2.